The zero-order chi connectivity index (χ0) is 2.71. The molecule has 0 fully saturated rings. The van der Waals surface area contributed by atoms with Crippen LogP contribution in [0.1, 0.15) is 0 Å². The Morgan fingerprint density at radius 3 is 1.25 bits per heavy atom. The monoisotopic (exact) mass is 125 g/mol. The van der Waals surface area contributed by atoms with Gasteiger partial charge in [-0.3, -0.25) is 0 Å². The van der Waals surface area contributed by atoms with Crippen molar-refractivity contribution in [2.75, 3.05) is 12.5 Å². The molecule has 0 atom stereocenters. The Bertz CT molecular complexity index is 6.00. The normalized spacial score (nSPS) is 4.50. The maximum Gasteiger partial charge on any atom is 0 e. The molecule has 0 rings (SSSR count). The zero-order valence-electron chi connectivity index (χ0n) is 2.71. The van der Waals surface area contributed by atoms with Crippen LogP contribution in [0.2, 0.25) is 0 Å². The summed E-state index contributed by atoms with van der Waals surface area (Å²) in [5.41, 5.74) is 0. The summed E-state index contributed by atoms with van der Waals surface area (Å²) >= 11 is 1.75. The van der Waals surface area contributed by atoms with Crippen molar-refractivity contribution in [3.63, 3.8) is 0 Å². The largest absolute Gasteiger partial charge is 0.169 e. The van der Waals surface area contributed by atoms with Gasteiger partial charge >= 0.3 is 0 Å². The molecule has 0 aromatic carbocycles. The van der Waals surface area contributed by atoms with Crippen molar-refractivity contribution in [1.29, 1.82) is 0 Å². The smallest absolute Gasteiger partial charge is 0 e. The van der Waals surface area contributed by atoms with E-state index in [9.17, 15) is 0 Å². The molecule has 0 aliphatic rings. The van der Waals surface area contributed by atoms with Crippen molar-refractivity contribution in [1.82, 2.24) is 0 Å². The summed E-state index contributed by atoms with van der Waals surface area (Å²) in [6, 6.07) is 0. The average Bonchev–Trinajstić information content (AvgIpc) is 0.918. The van der Waals surface area contributed by atoms with E-state index in [-0.39, 0.29) is 17.1 Å². The summed E-state index contributed by atoms with van der Waals surface area (Å²) in [6.45, 7) is 0. The average molecular weight is 126 g/mol. The summed E-state index contributed by atoms with van der Waals surface area (Å²) < 4.78 is 0. The maximum absolute atomic E-state index is 2.04. The van der Waals surface area contributed by atoms with Crippen LogP contribution in [0.15, 0.2) is 0 Å². The Morgan fingerprint density at radius 2 is 1.25 bits per heavy atom. The predicted octanol–water partition coefficient (Wildman–Crippen LogP) is 0.977. The SMILES string of the molecule is CSC.[Cu]. The summed E-state index contributed by atoms with van der Waals surface area (Å²) in [5.74, 6) is 0. The van der Waals surface area contributed by atoms with Gasteiger partial charge in [-0.15, -0.1) is 0 Å². The molecule has 31 valence electrons. The number of hydrogen-bond donors (Lipinski definition) is 0. The minimum atomic E-state index is 0. The van der Waals surface area contributed by atoms with E-state index < -0.39 is 0 Å². The molecule has 0 amide bonds. The van der Waals surface area contributed by atoms with E-state index in [1.165, 1.54) is 0 Å². The molecule has 4 heavy (non-hydrogen) atoms. The van der Waals surface area contributed by atoms with Gasteiger partial charge in [0.25, 0.3) is 0 Å². The Labute approximate surface area is 41.8 Å². The molecule has 0 aliphatic heterocycles. The van der Waals surface area contributed by atoms with Crippen LogP contribution in [-0.4, -0.2) is 12.5 Å². The molecule has 0 aliphatic carbocycles. The fourth-order valence-electron chi connectivity index (χ4n) is 0. The van der Waals surface area contributed by atoms with Gasteiger partial charge in [0.05, 0.1) is 0 Å². The van der Waals surface area contributed by atoms with Crippen molar-refractivity contribution >= 4 is 11.8 Å². The molecule has 0 spiro atoms. The summed E-state index contributed by atoms with van der Waals surface area (Å²) in [6.07, 6.45) is 4.08. The van der Waals surface area contributed by atoms with Crippen LogP contribution in [0.25, 0.3) is 0 Å². The first-order valence-corrected chi connectivity index (χ1v) is 2.45. The molecule has 0 saturated heterocycles. The number of rotatable bonds is 0. The molecule has 0 aromatic heterocycles. The van der Waals surface area contributed by atoms with Crippen molar-refractivity contribution in [3.8, 4) is 0 Å². The van der Waals surface area contributed by atoms with Gasteiger partial charge in [-0.1, -0.05) is 0 Å². The minimum absolute atomic E-state index is 0. The molecule has 0 aromatic rings. The third-order valence-corrected chi connectivity index (χ3v) is 0. The summed E-state index contributed by atoms with van der Waals surface area (Å²) in [4.78, 5) is 0. The molecular formula is C2H6CuS. The summed E-state index contributed by atoms with van der Waals surface area (Å²) in [5, 5.41) is 0. The standard InChI is InChI=1S/C2H6S.Cu/c1-3-2;/h1-2H3;. The van der Waals surface area contributed by atoms with Gasteiger partial charge < -0.3 is 0 Å². The van der Waals surface area contributed by atoms with E-state index in [0.717, 1.165) is 0 Å². The van der Waals surface area contributed by atoms with Crippen molar-refractivity contribution < 1.29 is 17.1 Å². The van der Waals surface area contributed by atoms with Crippen LogP contribution >= 0.6 is 11.8 Å². The summed E-state index contributed by atoms with van der Waals surface area (Å²) in [7, 11) is 0. The third-order valence-electron chi connectivity index (χ3n) is 0. The van der Waals surface area contributed by atoms with Crippen molar-refractivity contribution in [2.45, 2.75) is 0 Å². The first-order chi connectivity index (χ1) is 1.41. The molecule has 0 nitrogen and oxygen atoms in total. The third kappa shape index (κ3) is 13.3. The van der Waals surface area contributed by atoms with E-state index in [1.54, 1.807) is 11.8 Å². The van der Waals surface area contributed by atoms with Crippen LogP contribution in [0, 0.1) is 0 Å². The van der Waals surface area contributed by atoms with Gasteiger partial charge in [0.1, 0.15) is 0 Å². The van der Waals surface area contributed by atoms with Gasteiger partial charge in [-0.05, 0) is 12.5 Å². The van der Waals surface area contributed by atoms with Crippen molar-refractivity contribution in [3.05, 3.63) is 0 Å². The Morgan fingerprint density at radius 1 is 1.25 bits per heavy atom. The van der Waals surface area contributed by atoms with Crippen LogP contribution < -0.4 is 0 Å². The van der Waals surface area contributed by atoms with Gasteiger partial charge in [-0.25, -0.2) is 0 Å². The minimum Gasteiger partial charge on any atom is -0.169 e. The van der Waals surface area contributed by atoms with Crippen LogP contribution in [0.4, 0.5) is 0 Å². The Kier molecular flexibility index (Phi) is 20.2. The molecule has 0 unspecified atom stereocenters. The molecule has 1 radical (unpaired) electrons. The van der Waals surface area contributed by atoms with Crippen LogP contribution in [-0.2, 0) is 17.1 Å². The molecule has 0 N–H and O–H groups in total. The Hall–Kier alpha value is 0.869. The first-order valence-electron chi connectivity index (χ1n) is 0.816. The topological polar surface area (TPSA) is 0 Å². The molecular weight excluding hydrogens is 120 g/mol. The predicted molar refractivity (Wildman–Crippen MR) is 19.4 cm³/mol. The van der Waals surface area contributed by atoms with E-state index in [2.05, 4.69) is 0 Å². The molecule has 2 heteroatoms. The Balaban J connectivity index is 0. The second kappa shape index (κ2) is 9.12. The molecule has 0 heterocycles. The fraction of sp³-hybridized carbons (Fsp3) is 1.00. The van der Waals surface area contributed by atoms with Crippen LogP contribution in [0.3, 0.4) is 0 Å². The quantitative estimate of drug-likeness (QED) is 0.435. The first kappa shape index (κ1) is 8.85. The van der Waals surface area contributed by atoms with E-state index >= 15 is 0 Å². The number of thioether (sulfide) groups is 1. The van der Waals surface area contributed by atoms with Gasteiger partial charge in [0.2, 0.25) is 0 Å². The van der Waals surface area contributed by atoms with E-state index in [1.807, 2.05) is 12.5 Å². The van der Waals surface area contributed by atoms with Gasteiger partial charge in [0, 0.05) is 17.1 Å². The molecule has 0 saturated carbocycles. The van der Waals surface area contributed by atoms with Crippen LogP contribution in [0.5, 0.6) is 0 Å². The van der Waals surface area contributed by atoms with Gasteiger partial charge in [-0.2, -0.15) is 11.8 Å². The van der Waals surface area contributed by atoms with E-state index in [0.29, 0.717) is 0 Å². The zero-order valence-corrected chi connectivity index (χ0v) is 4.47. The number of hydrogen-bond acceptors (Lipinski definition) is 1. The molecule has 0 bridgehead atoms. The second-order valence-electron chi connectivity index (χ2n) is 0.408. The van der Waals surface area contributed by atoms with Gasteiger partial charge in [0.15, 0.2) is 0 Å². The van der Waals surface area contributed by atoms with E-state index in [4.69, 9.17) is 0 Å². The second-order valence-corrected chi connectivity index (χ2v) is 1.22. The maximum atomic E-state index is 2.04. The fourth-order valence-corrected chi connectivity index (χ4v) is 0. The van der Waals surface area contributed by atoms with Crippen molar-refractivity contribution in [2.24, 2.45) is 0 Å².